The average Bonchev–Trinajstić information content (AvgIpc) is 2.83. The van der Waals surface area contributed by atoms with Crippen LogP contribution < -0.4 is 4.90 Å². The highest BCUT2D eigenvalue weighted by molar-refractivity contribution is 5.57. The number of hydrogen-bond acceptors (Lipinski definition) is 4. The van der Waals surface area contributed by atoms with Gasteiger partial charge in [-0.15, -0.1) is 0 Å². The fraction of sp³-hybridized carbons (Fsp3) is 0.273. The summed E-state index contributed by atoms with van der Waals surface area (Å²) < 4.78 is 0. The Hall–Kier alpha value is -1.88. The van der Waals surface area contributed by atoms with Crippen LogP contribution in [0.1, 0.15) is 0 Å². The number of aromatic amines is 1. The Kier molecular flexibility index (Phi) is 3.16. The number of rotatable bonds is 4. The summed E-state index contributed by atoms with van der Waals surface area (Å²) in [4.78, 5) is 13.4. The Morgan fingerprint density at radius 1 is 1.38 bits per heavy atom. The fourth-order valence-corrected chi connectivity index (χ4v) is 1.42. The van der Waals surface area contributed by atoms with Crippen molar-refractivity contribution in [2.75, 3.05) is 25.1 Å². The number of aromatic nitrogens is 3. The first-order chi connectivity index (χ1) is 7.81. The second-order valence-electron chi connectivity index (χ2n) is 3.50. The molecule has 0 atom stereocenters. The highest BCUT2D eigenvalue weighted by atomic mass is 16.3. The molecule has 0 aliphatic rings. The lowest BCUT2D eigenvalue weighted by atomic mass is 10.2. The minimum atomic E-state index is 0.0955. The molecule has 0 bridgehead atoms. The predicted molar refractivity (Wildman–Crippen MR) is 62.2 cm³/mol. The van der Waals surface area contributed by atoms with Gasteiger partial charge < -0.3 is 15.0 Å². The van der Waals surface area contributed by atoms with Gasteiger partial charge in [0, 0.05) is 43.4 Å². The van der Waals surface area contributed by atoms with E-state index in [-0.39, 0.29) is 6.61 Å². The highest BCUT2D eigenvalue weighted by Crippen LogP contribution is 2.15. The van der Waals surface area contributed by atoms with Crippen molar-refractivity contribution in [1.82, 2.24) is 15.0 Å². The van der Waals surface area contributed by atoms with E-state index in [1.165, 1.54) is 0 Å². The van der Waals surface area contributed by atoms with Gasteiger partial charge in [-0.1, -0.05) is 0 Å². The van der Waals surface area contributed by atoms with Crippen molar-refractivity contribution < 1.29 is 5.11 Å². The number of hydrogen-bond donors (Lipinski definition) is 2. The molecular formula is C11H14N4O. The van der Waals surface area contributed by atoms with Crippen molar-refractivity contribution in [2.24, 2.45) is 0 Å². The third kappa shape index (κ3) is 2.20. The van der Waals surface area contributed by atoms with Gasteiger partial charge in [0.15, 0.2) is 0 Å². The molecule has 0 aliphatic carbocycles. The lowest BCUT2D eigenvalue weighted by Crippen LogP contribution is -2.23. The standard InChI is InChI=1S/C11H14N4O/c1-15(5-6-16)11-13-7-9(8-14-11)10-3-2-4-12-10/h2-4,7-8,12,16H,5-6H2,1H3. The van der Waals surface area contributed by atoms with Gasteiger partial charge in [-0.05, 0) is 12.1 Å². The van der Waals surface area contributed by atoms with Crippen LogP contribution in [0, 0.1) is 0 Å². The van der Waals surface area contributed by atoms with Gasteiger partial charge in [-0.3, -0.25) is 0 Å². The lowest BCUT2D eigenvalue weighted by molar-refractivity contribution is 0.303. The molecule has 0 fully saturated rings. The number of nitrogens with zero attached hydrogens (tertiary/aromatic N) is 3. The zero-order valence-corrected chi connectivity index (χ0v) is 9.09. The molecule has 2 rings (SSSR count). The fourth-order valence-electron chi connectivity index (χ4n) is 1.42. The molecule has 2 aromatic heterocycles. The monoisotopic (exact) mass is 218 g/mol. The number of H-pyrrole nitrogens is 1. The van der Waals surface area contributed by atoms with Crippen LogP contribution in [0.5, 0.6) is 0 Å². The largest absolute Gasteiger partial charge is 0.395 e. The molecule has 0 aromatic carbocycles. The summed E-state index contributed by atoms with van der Waals surface area (Å²) >= 11 is 0. The van der Waals surface area contributed by atoms with E-state index >= 15 is 0 Å². The van der Waals surface area contributed by atoms with E-state index in [1.807, 2.05) is 25.4 Å². The SMILES string of the molecule is CN(CCO)c1ncc(-c2ccc[nH]2)cn1. The predicted octanol–water partition coefficient (Wildman–Crippen LogP) is 0.900. The van der Waals surface area contributed by atoms with Gasteiger partial charge in [0.25, 0.3) is 0 Å². The topological polar surface area (TPSA) is 65.0 Å². The Labute approximate surface area is 93.8 Å². The Morgan fingerprint density at radius 3 is 2.69 bits per heavy atom. The summed E-state index contributed by atoms with van der Waals surface area (Å²) in [5.74, 6) is 0.615. The maximum Gasteiger partial charge on any atom is 0.225 e. The van der Waals surface area contributed by atoms with Crippen molar-refractivity contribution in [1.29, 1.82) is 0 Å². The number of anilines is 1. The second-order valence-corrected chi connectivity index (χ2v) is 3.50. The van der Waals surface area contributed by atoms with E-state index in [0.717, 1.165) is 11.3 Å². The highest BCUT2D eigenvalue weighted by Gasteiger charge is 2.04. The molecule has 0 amide bonds. The molecule has 0 saturated carbocycles. The first-order valence-corrected chi connectivity index (χ1v) is 5.09. The number of aliphatic hydroxyl groups is 1. The summed E-state index contributed by atoms with van der Waals surface area (Å²) in [6.07, 6.45) is 5.39. The zero-order valence-electron chi connectivity index (χ0n) is 9.09. The van der Waals surface area contributed by atoms with E-state index in [4.69, 9.17) is 5.11 Å². The van der Waals surface area contributed by atoms with Gasteiger partial charge in [-0.25, -0.2) is 9.97 Å². The van der Waals surface area contributed by atoms with Crippen molar-refractivity contribution in [3.63, 3.8) is 0 Å². The molecule has 2 N–H and O–H groups in total. The smallest absolute Gasteiger partial charge is 0.225 e. The summed E-state index contributed by atoms with van der Waals surface area (Å²) in [6, 6.07) is 3.90. The Balaban J connectivity index is 2.16. The average molecular weight is 218 g/mol. The second kappa shape index (κ2) is 4.76. The van der Waals surface area contributed by atoms with Gasteiger partial charge in [0.2, 0.25) is 5.95 Å². The summed E-state index contributed by atoms with van der Waals surface area (Å²) in [5.41, 5.74) is 1.95. The van der Waals surface area contributed by atoms with Crippen LogP contribution >= 0.6 is 0 Å². The third-order valence-corrected chi connectivity index (χ3v) is 2.32. The summed E-state index contributed by atoms with van der Waals surface area (Å²) in [7, 11) is 1.85. The minimum absolute atomic E-state index is 0.0955. The zero-order chi connectivity index (χ0) is 11.4. The minimum Gasteiger partial charge on any atom is -0.395 e. The van der Waals surface area contributed by atoms with Gasteiger partial charge in [0.1, 0.15) is 0 Å². The first kappa shape index (κ1) is 10.6. The molecular weight excluding hydrogens is 204 g/mol. The Morgan fingerprint density at radius 2 is 2.12 bits per heavy atom. The van der Waals surface area contributed by atoms with E-state index in [9.17, 15) is 0 Å². The lowest BCUT2D eigenvalue weighted by Gasteiger charge is -2.14. The van der Waals surface area contributed by atoms with Crippen LogP contribution in [-0.2, 0) is 0 Å². The van der Waals surface area contributed by atoms with Crippen LogP contribution in [0.15, 0.2) is 30.7 Å². The number of likely N-dealkylation sites (N-methyl/N-ethyl adjacent to an activating group) is 1. The van der Waals surface area contributed by atoms with Gasteiger partial charge >= 0.3 is 0 Å². The van der Waals surface area contributed by atoms with Crippen LogP contribution in [-0.4, -0.2) is 40.3 Å². The number of aliphatic hydroxyl groups excluding tert-OH is 1. The molecule has 0 unspecified atom stereocenters. The van der Waals surface area contributed by atoms with Crippen molar-refractivity contribution in [3.8, 4) is 11.3 Å². The summed E-state index contributed by atoms with van der Waals surface area (Å²) in [5, 5.41) is 8.80. The molecule has 2 heterocycles. The van der Waals surface area contributed by atoms with E-state index < -0.39 is 0 Å². The number of nitrogens with one attached hydrogen (secondary N) is 1. The molecule has 5 heteroatoms. The normalized spacial score (nSPS) is 10.4. The third-order valence-electron chi connectivity index (χ3n) is 2.32. The van der Waals surface area contributed by atoms with Crippen molar-refractivity contribution >= 4 is 5.95 Å². The van der Waals surface area contributed by atoms with Crippen molar-refractivity contribution in [2.45, 2.75) is 0 Å². The first-order valence-electron chi connectivity index (χ1n) is 5.09. The molecule has 2 aromatic rings. The molecule has 5 nitrogen and oxygen atoms in total. The van der Waals surface area contributed by atoms with Crippen LogP contribution in [0.25, 0.3) is 11.3 Å². The summed E-state index contributed by atoms with van der Waals surface area (Å²) in [6.45, 7) is 0.625. The molecule has 0 aliphatic heterocycles. The molecule has 84 valence electrons. The molecule has 0 spiro atoms. The molecule has 16 heavy (non-hydrogen) atoms. The molecule has 0 radical (unpaired) electrons. The maximum atomic E-state index is 8.80. The van der Waals surface area contributed by atoms with Gasteiger partial charge in [0.05, 0.1) is 6.61 Å². The van der Waals surface area contributed by atoms with Crippen LogP contribution in [0.2, 0.25) is 0 Å². The quantitative estimate of drug-likeness (QED) is 0.800. The van der Waals surface area contributed by atoms with E-state index in [2.05, 4.69) is 15.0 Å². The van der Waals surface area contributed by atoms with Crippen LogP contribution in [0.3, 0.4) is 0 Å². The van der Waals surface area contributed by atoms with E-state index in [0.29, 0.717) is 12.5 Å². The van der Waals surface area contributed by atoms with Crippen LogP contribution in [0.4, 0.5) is 5.95 Å². The molecule has 0 saturated heterocycles. The van der Waals surface area contributed by atoms with Crippen molar-refractivity contribution in [3.05, 3.63) is 30.7 Å². The van der Waals surface area contributed by atoms with Gasteiger partial charge in [-0.2, -0.15) is 0 Å². The Bertz CT molecular complexity index is 424. The van der Waals surface area contributed by atoms with E-state index in [1.54, 1.807) is 17.3 Å². The maximum absolute atomic E-state index is 8.80.